The fraction of sp³-hybridized carbons (Fsp3) is 0. The number of fused-ring (bicyclic) bond motifs is 1. The Morgan fingerprint density at radius 1 is 0.435 bits per heavy atom. The van der Waals surface area contributed by atoms with Crippen LogP contribution in [0.5, 0.6) is 0 Å². The lowest BCUT2D eigenvalue weighted by Crippen LogP contribution is -1.85. The first kappa shape index (κ1) is 13.7. The first-order valence-electron chi connectivity index (χ1n) is 7.66. The van der Waals surface area contributed by atoms with Gasteiger partial charge < -0.3 is 0 Å². The van der Waals surface area contributed by atoms with Gasteiger partial charge >= 0.3 is 0 Å². The highest BCUT2D eigenvalue weighted by Gasteiger charge is 2.07. The Bertz CT molecular complexity index is 954. The molecule has 1 heteroatoms. The lowest BCUT2D eigenvalue weighted by Gasteiger charge is -2.09. The van der Waals surface area contributed by atoms with E-state index in [-0.39, 0.29) is 5.82 Å². The van der Waals surface area contributed by atoms with Crippen molar-refractivity contribution in [2.24, 2.45) is 0 Å². The van der Waals surface area contributed by atoms with Gasteiger partial charge in [0.1, 0.15) is 5.82 Å². The van der Waals surface area contributed by atoms with Crippen LogP contribution in [0.1, 0.15) is 0 Å². The molecule has 0 aliphatic carbocycles. The fourth-order valence-corrected chi connectivity index (χ4v) is 2.99. The number of hydrogen-bond donors (Lipinski definition) is 0. The summed E-state index contributed by atoms with van der Waals surface area (Å²) < 4.78 is 14.0. The monoisotopic (exact) mass is 298 g/mol. The van der Waals surface area contributed by atoms with Crippen LogP contribution >= 0.6 is 0 Å². The Kier molecular flexibility index (Phi) is 3.39. The highest BCUT2D eigenvalue weighted by molar-refractivity contribution is 5.97. The number of halogens is 1. The molecule has 23 heavy (non-hydrogen) atoms. The molecule has 0 aliphatic heterocycles. The molecule has 0 atom stereocenters. The van der Waals surface area contributed by atoms with Crippen molar-refractivity contribution in [1.82, 2.24) is 0 Å². The average molecular weight is 298 g/mol. The minimum atomic E-state index is -0.176. The van der Waals surface area contributed by atoms with Gasteiger partial charge in [-0.2, -0.15) is 0 Å². The molecule has 0 bridgehead atoms. The summed E-state index contributed by atoms with van der Waals surface area (Å²) in [5.41, 5.74) is 4.53. The van der Waals surface area contributed by atoms with Crippen LogP contribution in [-0.2, 0) is 0 Å². The molecule has 0 spiro atoms. The fourth-order valence-electron chi connectivity index (χ4n) is 2.99. The van der Waals surface area contributed by atoms with Gasteiger partial charge in [-0.3, -0.25) is 0 Å². The molecular weight excluding hydrogens is 283 g/mol. The van der Waals surface area contributed by atoms with Gasteiger partial charge in [-0.05, 0) is 33.7 Å². The van der Waals surface area contributed by atoms with Crippen molar-refractivity contribution < 1.29 is 4.39 Å². The molecule has 0 saturated carbocycles. The van der Waals surface area contributed by atoms with Gasteiger partial charge in [0, 0.05) is 5.39 Å². The summed E-state index contributed by atoms with van der Waals surface area (Å²) >= 11 is 0. The molecule has 0 nitrogen and oxygen atoms in total. The summed E-state index contributed by atoms with van der Waals surface area (Å²) in [7, 11) is 0. The maximum atomic E-state index is 14.0. The minimum Gasteiger partial charge on any atom is -0.206 e. The van der Waals surface area contributed by atoms with E-state index < -0.39 is 0 Å². The van der Waals surface area contributed by atoms with Gasteiger partial charge in [0.15, 0.2) is 0 Å². The molecule has 0 aromatic heterocycles. The van der Waals surface area contributed by atoms with E-state index in [2.05, 4.69) is 36.4 Å². The van der Waals surface area contributed by atoms with Gasteiger partial charge in [-0.15, -0.1) is 0 Å². The lowest BCUT2D eigenvalue weighted by atomic mass is 9.96. The van der Waals surface area contributed by atoms with Crippen LogP contribution in [0.3, 0.4) is 0 Å². The molecule has 0 amide bonds. The normalized spacial score (nSPS) is 10.8. The highest BCUT2D eigenvalue weighted by atomic mass is 19.1. The van der Waals surface area contributed by atoms with E-state index in [9.17, 15) is 4.39 Å². The number of rotatable bonds is 2. The van der Waals surface area contributed by atoms with Crippen LogP contribution in [0.2, 0.25) is 0 Å². The SMILES string of the molecule is Fc1ccc(-c2ccc(-c3ccccc3)cc2)c2ccccc12. The summed E-state index contributed by atoms with van der Waals surface area (Å²) in [5, 5.41) is 1.61. The van der Waals surface area contributed by atoms with E-state index in [1.54, 1.807) is 6.07 Å². The number of benzene rings is 4. The van der Waals surface area contributed by atoms with E-state index in [1.807, 2.05) is 48.5 Å². The van der Waals surface area contributed by atoms with Gasteiger partial charge in [-0.25, -0.2) is 4.39 Å². The summed E-state index contributed by atoms with van der Waals surface area (Å²) in [5.74, 6) is -0.176. The first-order chi connectivity index (χ1) is 11.3. The third kappa shape index (κ3) is 2.51. The zero-order chi connectivity index (χ0) is 15.6. The van der Waals surface area contributed by atoms with E-state index in [1.165, 1.54) is 11.1 Å². The van der Waals surface area contributed by atoms with Crippen molar-refractivity contribution in [3.05, 3.63) is 96.8 Å². The van der Waals surface area contributed by atoms with Crippen LogP contribution in [0.25, 0.3) is 33.0 Å². The molecular formula is C22H15F. The minimum absolute atomic E-state index is 0.176. The van der Waals surface area contributed by atoms with E-state index in [4.69, 9.17) is 0 Å². The number of hydrogen-bond acceptors (Lipinski definition) is 0. The van der Waals surface area contributed by atoms with E-state index >= 15 is 0 Å². The Balaban J connectivity index is 1.82. The largest absolute Gasteiger partial charge is 0.206 e. The predicted molar refractivity (Wildman–Crippen MR) is 94.8 cm³/mol. The average Bonchev–Trinajstić information content (AvgIpc) is 2.63. The smallest absolute Gasteiger partial charge is 0.131 e. The summed E-state index contributed by atoms with van der Waals surface area (Å²) in [6, 6.07) is 29.7. The maximum absolute atomic E-state index is 14.0. The molecule has 0 N–H and O–H groups in total. The standard InChI is InChI=1S/C22H15F/c23-22-15-14-19(20-8-4-5-9-21(20)22)18-12-10-17(11-13-18)16-6-2-1-3-7-16/h1-15H. The van der Waals surface area contributed by atoms with Crippen LogP contribution in [0.15, 0.2) is 91.0 Å². The van der Waals surface area contributed by atoms with Crippen LogP contribution < -0.4 is 0 Å². The van der Waals surface area contributed by atoms with Crippen molar-refractivity contribution >= 4 is 10.8 Å². The summed E-state index contributed by atoms with van der Waals surface area (Å²) in [6.45, 7) is 0. The summed E-state index contributed by atoms with van der Waals surface area (Å²) in [4.78, 5) is 0. The third-order valence-corrected chi connectivity index (χ3v) is 4.17. The van der Waals surface area contributed by atoms with Crippen molar-refractivity contribution in [1.29, 1.82) is 0 Å². The molecule has 4 rings (SSSR count). The molecule has 0 heterocycles. The molecule has 4 aromatic carbocycles. The second kappa shape index (κ2) is 5.69. The highest BCUT2D eigenvalue weighted by Crippen LogP contribution is 2.31. The summed E-state index contributed by atoms with van der Waals surface area (Å²) in [6.07, 6.45) is 0. The van der Waals surface area contributed by atoms with E-state index in [0.717, 1.165) is 16.5 Å². The zero-order valence-electron chi connectivity index (χ0n) is 12.5. The second-order valence-electron chi connectivity index (χ2n) is 5.58. The Hall–Kier alpha value is -2.93. The van der Waals surface area contributed by atoms with Crippen molar-refractivity contribution in [3.63, 3.8) is 0 Å². The van der Waals surface area contributed by atoms with Crippen molar-refractivity contribution in [2.45, 2.75) is 0 Å². The van der Waals surface area contributed by atoms with Gasteiger partial charge in [0.05, 0.1) is 0 Å². The molecule has 0 saturated heterocycles. The molecule has 110 valence electrons. The quantitative estimate of drug-likeness (QED) is 0.406. The lowest BCUT2D eigenvalue weighted by molar-refractivity contribution is 0.640. The maximum Gasteiger partial charge on any atom is 0.131 e. The van der Waals surface area contributed by atoms with Gasteiger partial charge in [-0.1, -0.05) is 84.9 Å². The van der Waals surface area contributed by atoms with Crippen LogP contribution in [-0.4, -0.2) is 0 Å². The topological polar surface area (TPSA) is 0 Å². The van der Waals surface area contributed by atoms with Crippen molar-refractivity contribution in [2.75, 3.05) is 0 Å². The second-order valence-corrected chi connectivity index (χ2v) is 5.58. The van der Waals surface area contributed by atoms with E-state index in [0.29, 0.717) is 5.39 Å². The Labute approximate surface area is 134 Å². The molecule has 0 radical (unpaired) electrons. The molecule has 0 fully saturated rings. The molecule has 4 aromatic rings. The Morgan fingerprint density at radius 2 is 1.00 bits per heavy atom. The first-order valence-corrected chi connectivity index (χ1v) is 7.66. The Morgan fingerprint density at radius 3 is 1.74 bits per heavy atom. The van der Waals surface area contributed by atoms with Gasteiger partial charge in [0.2, 0.25) is 0 Å². The molecule has 0 unspecified atom stereocenters. The third-order valence-electron chi connectivity index (χ3n) is 4.17. The van der Waals surface area contributed by atoms with Crippen molar-refractivity contribution in [3.8, 4) is 22.3 Å². The zero-order valence-corrected chi connectivity index (χ0v) is 12.5. The van der Waals surface area contributed by atoms with Crippen LogP contribution in [0, 0.1) is 5.82 Å². The molecule has 0 aliphatic rings. The van der Waals surface area contributed by atoms with Crippen LogP contribution in [0.4, 0.5) is 4.39 Å². The predicted octanol–water partition coefficient (Wildman–Crippen LogP) is 6.31. The van der Waals surface area contributed by atoms with Gasteiger partial charge in [0.25, 0.3) is 0 Å².